The predicted molar refractivity (Wildman–Crippen MR) is 77.7 cm³/mol. The molecular formula is C15H24N2O2. The molecule has 0 aromatic rings. The fraction of sp³-hybridized carbons (Fsp3) is 0.667. The van der Waals surface area contributed by atoms with Crippen LogP contribution in [0.15, 0.2) is 17.8 Å². The number of hydrogen-bond acceptors (Lipinski definition) is 4. The van der Waals surface area contributed by atoms with Gasteiger partial charge in [-0.15, -0.1) is 0 Å². The van der Waals surface area contributed by atoms with Gasteiger partial charge in [0.2, 0.25) is 0 Å². The van der Waals surface area contributed by atoms with Gasteiger partial charge in [0.1, 0.15) is 12.4 Å². The Labute approximate surface area is 115 Å². The number of ketones is 1. The molecule has 0 saturated heterocycles. The fourth-order valence-corrected chi connectivity index (χ4v) is 2.51. The molecular weight excluding hydrogens is 240 g/mol. The van der Waals surface area contributed by atoms with E-state index in [2.05, 4.69) is 11.7 Å². The van der Waals surface area contributed by atoms with E-state index < -0.39 is 5.92 Å². The van der Waals surface area contributed by atoms with E-state index in [1.165, 1.54) is 0 Å². The second-order valence-corrected chi connectivity index (χ2v) is 5.86. The van der Waals surface area contributed by atoms with Gasteiger partial charge in [-0.1, -0.05) is 45.0 Å². The van der Waals surface area contributed by atoms with E-state index in [0.717, 1.165) is 6.42 Å². The molecule has 0 unspecified atom stereocenters. The molecule has 4 heteroatoms. The zero-order chi connectivity index (χ0) is 14.5. The molecule has 19 heavy (non-hydrogen) atoms. The maximum atomic E-state index is 12.3. The number of nitrogens with zero attached hydrogens (tertiary/aromatic N) is 1. The normalized spacial score (nSPS) is 23.3. The summed E-state index contributed by atoms with van der Waals surface area (Å²) >= 11 is 0. The van der Waals surface area contributed by atoms with E-state index in [9.17, 15) is 4.79 Å². The van der Waals surface area contributed by atoms with Crippen molar-refractivity contribution in [2.45, 2.75) is 46.5 Å². The molecule has 106 valence electrons. The highest BCUT2D eigenvalue weighted by molar-refractivity contribution is 6.23. The van der Waals surface area contributed by atoms with E-state index in [1.807, 2.05) is 20.8 Å². The lowest BCUT2D eigenvalue weighted by molar-refractivity contribution is -0.122. The summed E-state index contributed by atoms with van der Waals surface area (Å²) in [6.07, 6.45) is 4.34. The molecule has 1 N–H and O–H groups in total. The molecule has 1 aliphatic rings. The molecule has 1 atom stereocenters. The Balaban J connectivity index is 2.89. The zero-order valence-corrected chi connectivity index (χ0v) is 12.2. The van der Waals surface area contributed by atoms with E-state index in [-0.39, 0.29) is 11.2 Å². The summed E-state index contributed by atoms with van der Waals surface area (Å²) in [4.78, 5) is 17.4. The minimum absolute atomic E-state index is 0.0932. The Bertz CT molecular complexity index is 377. The van der Waals surface area contributed by atoms with Gasteiger partial charge < -0.3 is 10.2 Å². The first kappa shape index (κ1) is 15.6. The standard InChI is InChI=1S/C15H24N2O2/c1-5-7-12(17-19-8-6-2)14-11(16)9-15(3,4)10-13(14)18/h6,14,16H,2,5,7-10H2,1,3-4H3/b16-11?,17-12-/t14-/m1/s1. The average molecular weight is 264 g/mol. The number of nitrogens with one attached hydrogen (secondary N) is 1. The van der Waals surface area contributed by atoms with Gasteiger partial charge >= 0.3 is 0 Å². The number of carbonyl (C=O) groups excluding carboxylic acids is 1. The third-order valence-electron chi connectivity index (χ3n) is 3.21. The molecule has 0 radical (unpaired) electrons. The van der Waals surface area contributed by atoms with Crippen LogP contribution in [0.4, 0.5) is 0 Å². The third kappa shape index (κ3) is 4.30. The molecule has 4 nitrogen and oxygen atoms in total. The lowest BCUT2D eigenvalue weighted by Crippen LogP contribution is -2.41. The Morgan fingerprint density at radius 3 is 2.79 bits per heavy atom. The van der Waals surface area contributed by atoms with Crippen LogP contribution in [0.2, 0.25) is 0 Å². The van der Waals surface area contributed by atoms with Crippen molar-refractivity contribution in [1.82, 2.24) is 0 Å². The molecule has 1 rings (SSSR count). The Hall–Kier alpha value is -1.45. The lowest BCUT2D eigenvalue weighted by Gasteiger charge is -2.34. The van der Waals surface area contributed by atoms with Crippen LogP contribution in [-0.4, -0.2) is 23.8 Å². The molecule has 0 bridgehead atoms. The molecule has 0 spiro atoms. The largest absolute Gasteiger partial charge is 0.392 e. The molecule has 0 aromatic heterocycles. The van der Waals surface area contributed by atoms with Crippen molar-refractivity contribution in [2.24, 2.45) is 16.5 Å². The van der Waals surface area contributed by atoms with E-state index in [1.54, 1.807) is 6.08 Å². The maximum absolute atomic E-state index is 12.3. The van der Waals surface area contributed by atoms with Crippen molar-refractivity contribution < 1.29 is 9.63 Å². The summed E-state index contributed by atoms with van der Waals surface area (Å²) in [5, 5.41) is 12.2. The van der Waals surface area contributed by atoms with Crippen molar-refractivity contribution in [3.8, 4) is 0 Å². The summed E-state index contributed by atoms with van der Waals surface area (Å²) in [5.74, 6) is -0.381. The SMILES string of the molecule is C=CCO/N=C(/CCC)[C@H]1C(=N)CC(C)(C)CC1=O. The molecule has 0 amide bonds. The Kier molecular flexibility index (Phi) is 5.45. The molecule has 1 fully saturated rings. The molecule has 0 heterocycles. The first-order valence-electron chi connectivity index (χ1n) is 6.81. The minimum atomic E-state index is -0.474. The van der Waals surface area contributed by atoms with Crippen LogP contribution in [-0.2, 0) is 9.63 Å². The van der Waals surface area contributed by atoms with Gasteiger partial charge in [-0.2, -0.15) is 0 Å². The summed E-state index contributed by atoms with van der Waals surface area (Å²) in [5.41, 5.74) is 1.05. The van der Waals surface area contributed by atoms with Gasteiger partial charge in [0, 0.05) is 12.1 Å². The monoisotopic (exact) mass is 264 g/mol. The van der Waals surface area contributed by atoms with E-state index in [4.69, 9.17) is 10.2 Å². The molecule has 0 aromatic carbocycles. The minimum Gasteiger partial charge on any atom is -0.392 e. The first-order valence-corrected chi connectivity index (χ1v) is 6.81. The highest BCUT2D eigenvalue weighted by atomic mass is 16.6. The Morgan fingerprint density at radius 2 is 2.26 bits per heavy atom. The third-order valence-corrected chi connectivity index (χ3v) is 3.21. The highest BCUT2D eigenvalue weighted by Crippen LogP contribution is 2.35. The van der Waals surface area contributed by atoms with Crippen LogP contribution in [0.25, 0.3) is 0 Å². The van der Waals surface area contributed by atoms with Crippen LogP contribution < -0.4 is 0 Å². The number of carbonyl (C=O) groups is 1. The van der Waals surface area contributed by atoms with E-state index >= 15 is 0 Å². The molecule has 0 aliphatic heterocycles. The second kappa shape index (κ2) is 6.64. The molecule has 1 aliphatic carbocycles. The fourth-order valence-electron chi connectivity index (χ4n) is 2.51. The number of oxime groups is 1. The number of rotatable bonds is 6. The second-order valence-electron chi connectivity index (χ2n) is 5.86. The van der Waals surface area contributed by atoms with Crippen molar-refractivity contribution in [3.05, 3.63) is 12.7 Å². The predicted octanol–water partition coefficient (Wildman–Crippen LogP) is 3.37. The van der Waals surface area contributed by atoms with Crippen LogP contribution in [0.3, 0.4) is 0 Å². The van der Waals surface area contributed by atoms with E-state index in [0.29, 0.717) is 37.3 Å². The van der Waals surface area contributed by atoms with Gasteiger partial charge in [0.05, 0.1) is 11.6 Å². The molecule has 1 saturated carbocycles. The van der Waals surface area contributed by atoms with Crippen molar-refractivity contribution >= 4 is 17.2 Å². The van der Waals surface area contributed by atoms with Crippen molar-refractivity contribution in [3.63, 3.8) is 0 Å². The lowest BCUT2D eigenvalue weighted by atomic mass is 9.69. The van der Waals surface area contributed by atoms with Crippen LogP contribution in [0.1, 0.15) is 46.5 Å². The topological polar surface area (TPSA) is 62.5 Å². The maximum Gasteiger partial charge on any atom is 0.147 e. The van der Waals surface area contributed by atoms with Crippen LogP contribution in [0.5, 0.6) is 0 Å². The van der Waals surface area contributed by atoms with Gasteiger partial charge in [-0.3, -0.25) is 4.79 Å². The summed E-state index contributed by atoms with van der Waals surface area (Å²) in [6.45, 7) is 9.98. The zero-order valence-electron chi connectivity index (χ0n) is 12.2. The number of hydrogen-bond donors (Lipinski definition) is 1. The summed E-state index contributed by atoms with van der Waals surface area (Å²) in [6, 6.07) is 0. The number of Topliss-reactive ketones (excluding diaryl/α,β-unsaturated/α-hetero) is 1. The van der Waals surface area contributed by atoms with Gasteiger partial charge in [0.25, 0.3) is 0 Å². The average Bonchev–Trinajstić information content (AvgIpc) is 2.26. The quantitative estimate of drug-likeness (QED) is 0.346. The van der Waals surface area contributed by atoms with Gasteiger partial charge in [0.15, 0.2) is 0 Å². The summed E-state index contributed by atoms with van der Waals surface area (Å²) in [7, 11) is 0. The van der Waals surface area contributed by atoms with Crippen LogP contribution in [0, 0.1) is 16.7 Å². The van der Waals surface area contributed by atoms with Gasteiger partial charge in [-0.05, 0) is 18.3 Å². The smallest absolute Gasteiger partial charge is 0.147 e. The first-order chi connectivity index (χ1) is 8.91. The van der Waals surface area contributed by atoms with Crippen molar-refractivity contribution in [2.75, 3.05) is 6.61 Å². The highest BCUT2D eigenvalue weighted by Gasteiger charge is 2.39. The summed E-state index contributed by atoms with van der Waals surface area (Å²) < 4.78 is 0. The van der Waals surface area contributed by atoms with Crippen molar-refractivity contribution in [1.29, 1.82) is 5.41 Å². The van der Waals surface area contributed by atoms with Gasteiger partial charge in [-0.25, -0.2) is 0 Å². The Morgan fingerprint density at radius 1 is 1.58 bits per heavy atom. The van der Waals surface area contributed by atoms with Crippen LogP contribution >= 0.6 is 0 Å².